The van der Waals surface area contributed by atoms with Gasteiger partial charge in [0.2, 0.25) is 0 Å². The number of nitrogens with zero attached hydrogens (tertiary/aromatic N) is 1. The lowest BCUT2D eigenvalue weighted by atomic mass is 10.00. The molecular weight excluding hydrogens is 296 g/mol. The predicted octanol–water partition coefficient (Wildman–Crippen LogP) is 2.97. The second kappa shape index (κ2) is 5.74. The minimum atomic E-state index is 0.0201. The van der Waals surface area contributed by atoms with E-state index >= 15 is 0 Å². The molecule has 5 heteroatoms. The van der Waals surface area contributed by atoms with Gasteiger partial charge in [0, 0.05) is 19.1 Å². The van der Waals surface area contributed by atoms with E-state index in [4.69, 9.17) is 4.74 Å². The highest BCUT2D eigenvalue weighted by atomic mass is 32.1. The van der Waals surface area contributed by atoms with E-state index in [9.17, 15) is 4.79 Å². The highest BCUT2D eigenvalue weighted by Crippen LogP contribution is 2.31. The number of piperidine rings is 1. The molecular formula is C17H18N2O2S. The SMILES string of the molecule is O=C(NC1CN2CCC1C2)c1ccc(Oc2ccccc2)s1. The molecule has 1 aromatic carbocycles. The number of benzene rings is 1. The Hall–Kier alpha value is -1.85. The summed E-state index contributed by atoms with van der Waals surface area (Å²) in [4.78, 5) is 15.5. The van der Waals surface area contributed by atoms with Crippen molar-refractivity contribution in [1.82, 2.24) is 10.2 Å². The number of carbonyl (C=O) groups is 1. The Balaban J connectivity index is 1.39. The number of thiophene rings is 1. The molecule has 2 aromatic rings. The van der Waals surface area contributed by atoms with Crippen LogP contribution in [0.1, 0.15) is 16.1 Å². The van der Waals surface area contributed by atoms with Crippen molar-refractivity contribution in [2.24, 2.45) is 5.92 Å². The van der Waals surface area contributed by atoms with Crippen molar-refractivity contribution in [3.05, 3.63) is 47.3 Å². The van der Waals surface area contributed by atoms with E-state index in [0.29, 0.717) is 16.8 Å². The number of carbonyl (C=O) groups excluding carboxylic acids is 1. The van der Waals surface area contributed by atoms with Crippen LogP contribution < -0.4 is 10.1 Å². The van der Waals surface area contributed by atoms with Crippen molar-refractivity contribution in [2.75, 3.05) is 19.6 Å². The van der Waals surface area contributed by atoms with Gasteiger partial charge in [0.25, 0.3) is 5.91 Å². The van der Waals surface area contributed by atoms with Crippen molar-refractivity contribution in [3.63, 3.8) is 0 Å². The number of ether oxygens (including phenoxy) is 1. The number of para-hydroxylation sites is 1. The molecule has 0 spiro atoms. The van der Waals surface area contributed by atoms with Crippen LogP contribution in [0.3, 0.4) is 0 Å². The lowest BCUT2D eigenvalue weighted by molar-refractivity contribution is 0.0928. The average Bonchev–Trinajstić information content (AvgIpc) is 3.24. The van der Waals surface area contributed by atoms with E-state index in [0.717, 1.165) is 23.9 Å². The van der Waals surface area contributed by atoms with Crippen LogP contribution in [0, 0.1) is 5.92 Å². The summed E-state index contributed by atoms with van der Waals surface area (Å²) >= 11 is 1.39. The number of hydrogen-bond acceptors (Lipinski definition) is 4. The fourth-order valence-electron chi connectivity index (χ4n) is 3.29. The first-order valence-corrected chi connectivity index (χ1v) is 8.45. The van der Waals surface area contributed by atoms with Gasteiger partial charge in [-0.05, 0) is 43.1 Å². The zero-order valence-corrected chi connectivity index (χ0v) is 13.0. The van der Waals surface area contributed by atoms with E-state index in [2.05, 4.69) is 10.2 Å². The van der Waals surface area contributed by atoms with Crippen LogP contribution in [0.4, 0.5) is 0 Å². The molecule has 1 aromatic heterocycles. The summed E-state index contributed by atoms with van der Waals surface area (Å²) < 4.78 is 5.76. The van der Waals surface area contributed by atoms with Gasteiger partial charge in [-0.3, -0.25) is 4.79 Å². The minimum absolute atomic E-state index is 0.0201. The van der Waals surface area contributed by atoms with Crippen LogP contribution in [-0.2, 0) is 0 Å². The summed E-state index contributed by atoms with van der Waals surface area (Å²) in [6.07, 6.45) is 1.21. The molecule has 3 heterocycles. The Morgan fingerprint density at radius 2 is 2.05 bits per heavy atom. The van der Waals surface area contributed by atoms with Crippen LogP contribution in [0.5, 0.6) is 10.8 Å². The molecule has 2 saturated heterocycles. The second-order valence-corrected chi connectivity index (χ2v) is 6.97. The number of rotatable bonds is 4. The Morgan fingerprint density at radius 3 is 2.77 bits per heavy atom. The smallest absolute Gasteiger partial charge is 0.261 e. The van der Waals surface area contributed by atoms with Crippen LogP contribution in [0.25, 0.3) is 0 Å². The van der Waals surface area contributed by atoms with Crippen LogP contribution in [-0.4, -0.2) is 36.5 Å². The Kier molecular flexibility index (Phi) is 3.60. The lowest BCUT2D eigenvalue weighted by Crippen LogP contribution is -2.42. The van der Waals surface area contributed by atoms with Gasteiger partial charge in [-0.2, -0.15) is 0 Å². The van der Waals surface area contributed by atoms with Gasteiger partial charge >= 0.3 is 0 Å². The van der Waals surface area contributed by atoms with Crippen molar-refractivity contribution in [2.45, 2.75) is 12.5 Å². The van der Waals surface area contributed by atoms with Crippen molar-refractivity contribution >= 4 is 17.2 Å². The predicted molar refractivity (Wildman–Crippen MR) is 86.6 cm³/mol. The fourth-order valence-corrected chi connectivity index (χ4v) is 4.07. The van der Waals surface area contributed by atoms with E-state index < -0.39 is 0 Å². The minimum Gasteiger partial charge on any atom is -0.447 e. The molecule has 3 unspecified atom stereocenters. The van der Waals surface area contributed by atoms with Gasteiger partial charge in [0.1, 0.15) is 5.75 Å². The maximum atomic E-state index is 12.4. The number of hydrogen-bond donors (Lipinski definition) is 1. The first-order valence-electron chi connectivity index (χ1n) is 7.64. The number of nitrogens with one attached hydrogen (secondary N) is 1. The summed E-state index contributed by atoms with van der Waals surface area (Å²) in [5, 5.41) is 3.92. The normalized spacial score (nSPS) is 26.1. The molecule has 2 bridgehead atoms. The third-order valence-electron chi connectivity index (χ3n) is 4.42. The van der Waals surface area contributed by atoms with Crippen LogP contribution in [0.2, 0.25) is 0 Å². The van der Waals surface area contributed by atoms with E-state index in [1.165, 1.54) is 24.3 Å². The molecule has 114 valence electrons. The van der Waals surface area contributed by atoms with E-state index in [1.54, 1.807) is 0 Å². The molecule has 3 atom stereocenters. The molecule has 0 radical (unpaired) electrons. The summed E-state index contributed by atoms with van der Waals surface area (Å²) in [6.45, 7) is 3.32. The molecule has 22 heavy (non-hydrogen) atoms. The summed E-state index contributed by atoms with van der Waals surface area (Å²) in [7, 11) is 0. The molecule has 4 rings (SSSR count). The maximum Gasteiger partial charge on any atom is 0.261 e. The first-order chi connectivity index (χ1) is 10.8. The summed E-state index contributed by atoms with van der Waals surface area (Å²) in [6, 6.07) is 13.6. The molecule has 0 saturated carbocycles. The fraction of sp³-hybridized carbons (Fsp3) is 0.353. The molecule has 0 aliphatic carbocycles. The van der Waals surface area contributed by atoms with Gasteiger partial charge in [0.15, 0.2) is 5.06 Å². The third-order valence-corrected chi connectivity index (χ3v) is 5.38. The van der Waals surface area contributed by atoms with Gasteiger partial charge in [-0.25, -0.2) is 0 Å². The van der Waals surface area contributed by atoms with Gasteiger partial charge in [-0.15, -0.1) is 0 Å². The quantitative estimate of drug-likeness (QED) is 0.943. The Morgan fingerprint density at radius 1 is 1.18 bits per heavy atom. The number of amides is 1. The molecule has 2 aliphatic rings. The van der Waals surface area contributed by atoms with Crippen LogP contribution in [0.15, 0.2) is 42.5 Å². The average molecular weight is 314 g/mol. The van der Waals surface area contributed by atoms with E-state index in [-0.39, 0.29) is 5.91 Å². The first kappa shape index (κ1) is 13.8. The highest BCUT2D eigenvalue weighted by Gasteiger charge is 2.38. The third kappa shape index (κ3) is 2.74. The Bertz CT molecular complexity index is 670. The zero-order chi connectivity index (χ0) is 14.9. The molecule has 1 amide bonds. The lowest BCUT2D eigenvalue weighted by Gasteiger charge is -2.22. The monoisotopic (exact) mass is 314 g/mol. The summed E-state index contributed by atoms with van der Waals surface area (Å²) in [5.41, 5.74) is 0. The Labute approximate surface area is 133 Å². The van der Waals surface area contributed by atoms with E-state index in [1.807, 2.05) is 42.5 Å². The zero-order valence-electron chi connectivity index (χ0n) is 12.2. The largest absolute Gasteiger partial charge is 0.447 e. The van der Waals surface area contributed by atoms with Crippen LogP contribution >= 0.6 is 11.3 Å². The van der Waals surface area contributed by atoms with Crippen molar-refractivity contribution in [1.29, 1.82) is 0 Å². The standard InChI is InChI=1S/C17H18N2O2S/c20-17(18-14-11-19-9-8-12(14)10-19)15-6-7-16(22-15)21-13-4-2-1-3-5-13/h1-7,12,14H,8-11H2,(H,18,20). The maximum absolute atomic E-state index is 12.4. The number of fused-ring (bicyclic) bond motifs is 2. The van der Waals surface area contributed by atoms with Gasteiger partial charge in [0.05, 0.1) is 4.88 Å². The van der Waals surface area contributed by atoms with Gasteiger partial charge in [-0.1, -0.05) is 29.5 Å². The van der Waals surface area contributed by atoms with Gasteiger partial charge < -0.3 is 15.0 Å². The second-order valence-electron chi connectivity index (χ2n) is 5.92. The molecule has 1 N–H and O–H groups in total. The van der Waals surface area contributed by atoms with Crippen molar-refractivity contribution in [3.8, 4) is 10.8 Å². The van der Waals surface area contributed by atoms with Crippen molar-refractivity contribution < 1.29 is 9.53 Å². The molecule has 4 nitrogen and oxygen atoms in total. The highest BCUT2D eigenvalue weighted by molar-refractivity contribution is 7.15. The topological polar surface area (TPSA) is 41.6 Å². The summed E-state index contributed by atoms with van der Waals surface area (Å²) in [5.74, 6) is 1.44. The molecule has 2 fully saturated rings. The molecule has 2 aliphatic heterocycles.